The third kappa shape index (κ3) is 4.14. The summed E-state index contributed by atoms with van der Waals surface area (Å²) in [6.45, 7) is 5.16. The SMILES string of the molecule is CC(C)c1[nH]nc(C(=O)NCc2cccc(Cn3cncn3)c2)c1Br. The summed E-state index contributed by atoms with van der Waals surface area (Å²) in [5, 5.41) is 14.0. The van der Waals surface area contributed by atoms with Gasteiger partial charge in [0.25, 0.3) is 5.91 Å². The van der Waals surface area contributed by atoms with E-state index in [0.717, 1.165) is 21.3 Å². The van der Waals surface area contributed by atoms with Crippen molar-refractivity contribution in [3.05, 3.63) is 63.9 Å². The highest BCUT2D eigenvalue weighted by Crippen LogP contribution is 2.25. The summed E-state index contributed by atoms with van der Waals surface area (Å²) < 4.78 is 2.48. The van der Waals surface area contributed by atoms with E-state index < -0.39 is 0 Å². The van der Waals surface area contributed by atoms with Gasteiger partial charge in [-0.1, -0.05) is 38.1 Å². The van der Waals surface area contributed by atoms with Gasteiger partial charge in [0, 0.05) is 6.54 Å². The second-order valence-corrected chi connectivity index (χ2v) is 6.84. The lowest BCUT2D eigenvalue weighted by atomic mass is 10.1. The number of H-pyrrole nitrogens is 1. The van der Waals surface area contributed by atoms with Crippen molar-refractivity contribution >= 4 is 21.8 Å². The van der Waals surface area contributed by atoms with E-state index >= 15 is 0 Å². The van der Waals surface area contributed by atoms with Gasteiger partial charge in [-0.15, -0.1) is 0 Å². The molecule has 0 aliphatic rings. The Labute approximate surface area is 154 Å². The van der Waals surface area contributed by atoms with Gasteiger partial charge in [-0.3, -0.25) is 9.89 Å². The Morgan fingerprint density at radius 1 is 1.36 bits per heavy atom. The van der Waals surface area contributed by atoms with Crippen LogP contribution in [0.15, 0.2) is 41.4 Å². The molecule has 0 saturated carbocycles. The summed E-state index contributed by atoms with van der Waals surface area (Å²) in [6, 6.07) is 8.01. The fourth-order valence-corrected chi connectivity index (χ4v) is 3.30. The van der Waals surface area contributed by atoms with Crippen LogP contribution < -0.4 is 5.32 Å². The number of carbonyl (C=O) groups excluding carboxylic acids is 1. The van der Waals surface area contributed by atoms with Gasteiger partial charge in [0.05, 0.1) is 16.7 Å². The zero-order valence-corrected chi connectivity index (χ0v) is 15.6. The molecule has 0 spiro atoms. The molecule has 0 saturated heterocycles. The molecule has 25 heavy (non-hydrogen) atoms. The molecule has 1 aromatic carbocycles. The van der Waals surface area contributed by atoms with E-state index in [1.54, 1.807) is 11.0 Å². The van der Waals surface area contributed by atoms with Crippen LogP contribution in [0.1, 0.15) is 47.1 Å². The number of rotatable bonds is 6. The Hall–Kier alpha value is -2.48. The molecule has 8 heteroatoms. The molecule has 0 aliphatic carbocycles. The lowest BCUT2D eigenvalue weighted by molar-refractivity contribution is 0.0945. The fraction of sp³-hybridized carbons (Fsp3) is 0.294. The number of halogens is 1. The van der Waals surface area contributed by atoms with E-state index in [1.165, 1.54) is 6.33 Å². The number of hydrogen-bond donors (Lipinski definition) is 2. The van der Waals surface area contributed by atoms with Crippen LogP contribution in [0, 0.1) is 0 Å². The van der Waals surface area contributed by atoms with Gasteiger partial charge in [0.15, 0.2) is 5.69 Å². The first-order valence-corrected chi connectivity index (χ1v) is 8.76. The molecule has 0 radical (unpaired) electrons. The maximum absolute atomic E-state index is 12.4. The second kappa shape index (κ2) is 7.60. The summed E-state index contributed by atoms with van der Waals surface area (Å²) in [5.74, 6) is 0.0496. The van der Waals surface area contributed by atoms with Crippen molar-refractivity contribution in [1.29, 1.82) is 0 Å². The van der Waals surface area contributed by atoms with Crippen molar-refractivity contribution in [2.75, 3.05) is 0 Å². The Balaban J connectivity index is 1.64. The van der Waals surface area contributed by atoms with Crippen LogP contribution in [0.4, 0.5) is 0 Å². The summed E-state index contributed by atoms with van der Waals surface area (Å²) in [7, 11) is 0. The van der Waals surface area contributed by atoms with Gasteiger partial charge in [-0.25, -0.2) is 9.67 Å². The van der Waals surface area contributed by atoms with Crippen molar-refractivity contribution in [1.82, 2.24) is 30.3 Å². The third-order valence-corrected chi connectivity index (χ3v) is 4.58. The number of carbonyl (C=O) groups is 1. The minimum Gasteiger partial charge on any atom is -0.347 e. The van der Waals surface area contributed by atoms with Crippen molar-refractivity contribution in [2.24, 2.45) is 0 Å². The third-order valence-electron chi connectivity index (χ3n) is 3.78. The second-order valence-electron chi connectivity index (χ2n) is 6.05. The van der Waals surface area contributed by atoms with Crippen molar-refractivity contribution in [2.45, 2.75) is 32.9 Å². The highest BCUT2D eigenvalue weighted by Gasteiger charge is 2.18. The van der Waals surface area contributed by atoms with Gasteiger partial charge >= 0.3 is 0 Å². The number of benzene rings is 1. The molecule has 2 N–H and O–H groups in total. The number of aromatic nitrogens is 5. The van der Waals surface area contributed by atoms with E-state index in [1.807, 2.05) is 38.1 Å². The number of hydrogen-bond acceptors (Lipinski definition) is 4. The molecule has 0 aliphatic heterocycles. The molecule has 1 amide bonds. The Morgan fingerprint density at radius 3 is 2.84 bits per heavy atom. The summed E-state index contributed by atoms with van der Waals surface area (Å²) in [6.07, 6.45) is 3.19. The molecule has 130 valence electrons. The van der Waals surface area contributed by atoms with Crippen molar-refractivity contribution < 1.29 is 4.79 Å². The molecular weight excluding hydrogens is 384 g/mol. The van der Waals surface area contributed by atoms with Crippen LogP contribution in [0.2, 0.25) is 0 Å². The first kappa shape index (κ1) is 17.3. The van der Waals surface area contributed by atoms with Crippen LogP contribution in [0.5, 0.6) is 0 Å². The van der Waals surface area contributed by atoms with Crippen LogP contribution in [-0.2, 0) is 13.1 Å². The standard InChI is InChI=1S/C17H19BrN6O/c1-11(2)15-14(18)16(23-22-15)17(25)20-7-12-4-3-5-13(6-12)8-24-10-19-9-21-24/h3-6,9-11H,7-8H2,1-2H3,(H,20,25)(H,22,23). The van der Waals surface area contributed by atoms with Crippen LogP contribution in [0.25, 0.3) is 0 Å². The predicted octanol–water partition coefficient (Wildman–Crippen LogP) is 2.87. The zero-order valence-electron chi connectivity index (χ0n) is 14.0. The molecule has 0 atom stereocenters. The highest BCUT2D eigenvalue weighted by atomic mass is 79.9. The van der Waals surface area contributed by atoms with Crippen LogP contribution in [-0.4, -0.2) is 30.9 Å². The number of nitrogens with zero attached hydrogens (tertiary/aromatic N) is 4. The van der Waals surface area contributed by atoms with E-state index in [0.29, 0.717) is 18.8 Å². The molecule has 0 unspecified atom stereocenters. The molecule has 0 fully saturated rings. The molecule has 3 rings (SSSR count). The Morgan fingerprint density at radius 2 is 2.16 bits per heavy atom. The van der Waals surface area contributed by atoms with Crippen LogP contribution >= 0.6 is 15.9 Å². The lowest BCUT2D eigenvalue weighted by Gasteiger charge is -2.07. The monoisotopic (exact) mass is 402 g/mol. The van der Waals surface area contributed by atoms with E-state index in [2.05, 4.69) is 41.5 Å². The smallest absolute Gasteiger partial charge is 0.273 e. The van der Waals surface area contributed by atoms with Gasteiger partial charge in [0.1, 0.15) is 12.7 Å². The highest BCUT2D eigenvalue weighted by molar-refractivity contribution is 9.10. The maximum Gasteiger partial charge on any atom is 0.273 e. The normalized spacial score (nSPS) is 11.0. The van der Waals surface area contributed by atoms with Gasteiger partial charge in [-0.05, 0) is 33.0 Å². The van der Waals surface area contributed by atoms with Crippen molar-refractivity contribution in [3.63, 3.8) is 0 Å². The summed E-state index contributed by atoms with van der Waals surface area (Å²) >= 11 is 3.45. The number of amides is 1. The summed E-state index contributed by atoms with van der Waals surface area (Å²) in [4.78, 5) is 16.3. The Kier molecular flexibility index (Phi) is 5.28. The summed E-state index contributed by atoms with van der Waals surface area (Å²) in [5.41, 5.74) is 3.41. The van der Waals surface area contributed by atoms with Gasteiger partial charge < -0.3 is 5.32 Å². The quantitative estimate of drug-likeness (QED) is 0.663. The minimum absolute atomic E-state index is 0.211. The molecule has 2 aromatic heterocycles. The van der Waals surface area contributed by atoms with Crippen molar-refractivity contribution in [3.8, 4) is 0 Å². The van der Waals surface area contributed by atoms with Gasteiger partial charge in [-0.2, -0.15) is 10.2 Å². The molecule has 7 nitrogen and oxygen atoms in total. The molecular formula is C17H19BrN6O. The molecule has 2 heterocycles. The van der Waals surface area contributed by atoms with E-state index in [4.69, 9.17) is 0 Å². The number of nitrogens with one attached hydrogen (secondary N) is 2. The maximum atomic E-state index is 12.4. The van der Waals surface area contributed by atoms with E-state index in [-0.39, 0.29) is 11.8 Å². The lowest BCUT2D eigenvalue weighted by Crippen LogP contribution is -2.23. The van der Waals surface area contributed by atoms with E-state index in [9.17, 15) is 4.79 Å². The van der Waals surface area contributed by atoms with Crippen LogP contribution in [0.3, 0.4) is 0 Å². The minimum atomic E-state index is -0.211. The zero-order chi connectivity index (χ0) is 17.8. The average Bonchev–Trinajstić information content (AvgIpc) is 3.22. The fourth-order valence-electron chi connectivity index (χ4n) is 2.48. The Bertz CT molecular complexity index is 856. The van der Waals surface area contributed by atoms with Gasteiger partial charge in [0.2, 0.25) is 0 Å². The first-order chi connectivity index (χ1) is 12.0. The largest absolute Gasteiger partial charge is 0.347 e. The number of aromatic amines is 1. The first-order valence-electron chi connectivity index (χ1n) is 7.96. The topological polar surface area (TPSA) is 88.5 Å². The average molecular weight is 403 g/mol. The predicted molar refractivity (Wildman–Crippen MR) is 97.1 cm³/mol. The molecule has 3 aromatic rings. The molecule has 0 bridgehead atoms.